The predicted octanol–water partition coefficient (Wildman–Crippen LogP) is 1.80. The van der Waals surface area contributed by atoms with Crippen molar-refractivity contribution >= 4 is 10.8 Å². The molecule has 1 atom stereocenters. The van der Waals surface area contributed by atoms with Crippen LogP contribution in [-0.2, 0) is 17.2 Å². The molecular formula is C15H21NO2S. The summed E-state index contributed by atoms with van der Waals surface area (Å²) in [4.78, 5) is 0. The van der Waals surface area contributed by atoms with Gasteiger partial charge in [-0.3, -0.25) is 4.21 Å². The molecule has 19 heavy (non-hydrogen) atoms. The summed E-state index contributed by atoms with van der Waals surface area (Å²) in [5, 5.41) is 3.57. The van der Waals surface area contributed by atoms with E-state index in [0.29, 0.717) is 6.04 Å². The van der Waals surface area contributed by atoms with Gasteiger partial charge in [0.2, 0.25) is 0 Å². The van der Waals surface area contributed by atoms with Crippen LogP contribution in [0.4, 0.5) is 0 Å². The summed E-state index contributed by atoms with van der Waals surface area (Å²) in [5.74, 6) is 2.74. The van der Waals surface area contributed by atoms with Gasteiger partial charge in [0, 0.05) is 41.3 Å². The molecule has 1 aromatic carbocycles. The van der Waals surface area contributed by atoms with Gasteiger partial charge in [0.1, 0.15) is 11.9 Å². The molecule has 0 bridgehead atoms. The molecule has 2 heterocycles. The smallest absolute Gasteiger partial charge is 0.123 e. The lowest BCUT2D eigenvalue weighted by Gasteiger charge is -2.24. The molecule has 3 nitrogen and oxygen atoms in total. The van der Waals surface area contributed by atoms with Crippen molar-refractivity contribution < 1.29 is 8.95 Å². The molecular weight excluding hydrogens is 258 g/mol. The third-order valence-corrected chi connectivity index (χ3v) is 5.36. The molecule has 1 fully saturated rings. The Morgan fingerprint density at radius 3 is 2.95 bits per heavy atom. The highest BCUT2D eigenvalue weighted by Crippen LogP contribution is 2.29. The Bertz CT molecular complexity index is 479. The molecule has 0 aliphatic carbocycles. The van der Waals surface area contributed by atoms with Gasteiger partial charge >= 0.3 is 0 Å². The molecule has 1 saturated heterocycles. The fourth-order valence-corrected chi connectivity index (χ4v) is 4.16. The van der Waals surface area contributed by atoms with Crippen LogP contribution in [0.2, 0.25) is 0 Å². The van der Waals surface area contributed by atoms with E-state index in [9.17, 15) is 4.21 Å². The van der Waals surface area contributed by atoms with Crippen molar-refractivity contribution in [3.05, 3.63) is 29.3 Å². The monoisotopic (exact) mass is 279 g/mol. The minimum atomic E-state index is -0.573. The lowest BCUT2D eigenvalue weighted by Crippen LogP contribution is -2.41. The predicted molar refractivity (Wildman–Crippen MR) is 78.2 cm³/mol. The number of aryl methyl sites for hydroxylation is 1. The Kier molecular flexibility index (Phi) is 3.89. The Morgan fingerprint density at radius 2 is 2.16 bits per heavy atom. The van der Waals surface area contributed by atoms with E-state index >= 15 is 0 Å². The van der Waals surface area contributed by atoms with E-state index in [1.807, 2.05) is 0 Å². The molecule has 2 aliphatic rings. The zero-order valence-electron chi connectivity index (χ0n) is 11.4. The van der Waals surface area contributed by atoms with Crippen LogP contribution in [0.15, 0.2) is 18.2 Å². The molecule has 3 rings (SSSR count). The average molecular weight is 279 g/mol. The lowest BCUT2D eigenvalue weighted by molar-refractivity contribution is 0.219. The average Bonchev–Trinajstić information content (AvgIpc) is 2.80. The fourth-order valence-electron chi connectivity index (χ4n) is 2.86. The highest BCUT2D eigenvalue weighted by molar-refractivity contribution is 7.85. The number of benzene rings is 1. The Labute approximate surface area is 117 Å². The maximum absolute atomic E-state index is 11.3. The molecule has 0 amide bonds. The van der Waals surface area contributed by atoms with E-state index in [4.69, 9.17) is 4.74 Å². The number of rotatable bonds is 3. The molecule has 0 radical (unpaired) electrons. The van der Waals surface area contributed by atoms with Gasteiger partial charge in [-0.05, 0) is 31.4 Å². The molecule has 1 unspecified atom stereocenters. The van der Waals surface area contributed by atoms with Gasteiger partial charge in [-0.25, -0.2) is 0 Å². The van der Waals surface area contributed by atoms with E-state index in [1.54, 1.807) is 0 Å². The van der Waals surface area contributed by atoms with E-state index in [2.05, 4.69) is 30.4 Å². The number of hydrogen-bond acceptors (Lipinski definition) is 3. The molecule has 0 spiro atoms. The Morgan fingerprint density at radius 1 is 1.37 bits per heavy atom. The van der Waals surface area contributed by atoms with Crippen molar-refractivity contribution in [1.29, 1.82) is 0 Å². The number of ether oxygens (including phenoxy) is 1. The van der Waals surface area contributed by atoms with Crippen LogP contribution in [0.1, 0.15) is 24.0 Å². The van der Waals surface area contributed by atoms with Crippen molar-refractivity contribution in [3.63, 3.8) is 0 Å². The van der Waals surface area contributed by atoms with E-state index in [-0.39, 0.29) is 6.10 Å². The number of nitrogens with one attached hydrogen (secondary N) is 1. The summed E-state index contributed by atoms with van der Waals surface area (Å²) < 4.78 is 17.3. The zero-order valence-corrected chi connectivity index (χ0v) is 12.2. The van der Waals surface area contributed by atoms with Gasteiger partial charge < -0.3 is 10.1 Å². The number of hydrogen-bond donors (Lipinski definition) is 1. The highest BCUT2D eigenvalue weighted by Gasteiger charge is 2.24. The molecule has 1 N–H and O–H groups in total. The van der Waals surface area contributed by atoms with Crippen molar-refractivity contribution in [3.8, 4) is 5.75 Å². The standard InChI is InChI=1S/C15H21NO2S/c1-11-2-3-15-12(8-11)9-14(18-15)10-16-13-4-6-19(17)7-5-13/h2-3,8,13-14,16H,4-7,9-10H2,1H3. The van der Waals surface area contributed by atoms with E-state index in [0.717, 1.165) is 43.1 Å². The van der Waals surface area contributed by atoms with Crippen molar-refractivity contribution in [1.82, 2.24) is 5.32 Å². The molecule has 0 aromatic heterocycles. The molecule has 104 valence electrons. The molecule has 1 aromatic rings. The second-order valence-electron chi connectivity index (χ2n) is 5.59. The maximum Gasteiger partial charge on any atom is 0.123 e. The zero-order chi connectivity index (χ0) is 13.2. The second-order valence-corrected chi connectivity index (χ2v) is 7.28. The first-order chi connectivity index (χ1) is 9.20. The highest BCUT2D eigenvalue weighted by atomic mass is 32.2. The van der Waals surface area contributed by atoms with Gasteiger partial charge in [-0.2, -0.15) is 0 Å². The van der Waals surface area contributed by atoms with E-state index in [1.165, 1.54) is 11.1 Å². The van der Waals surface area contributed by atoms with Crippen molar-refractivity contribution in [2.24, 2.45) is 0 Å². The first-order valence-electron chi connectivity index (χ1n) is 7.05. The fraction of sp³-hybridized carbons (Fsp3) is 0.600. The lowest BCUT2D eigenvalue weighted by atomic mass is 10.1. The molecule has 4 heteroatoms. The Hall–Kier alpha value is -0.870. The first-order valence-corrected chi connectivity index (χ1v) is 8.54. The topological polar surface area (TPSA) is 38.3 Å². The summed E-state index contributed by atoms with van der Waals surface area (Å²) in [7, 11) is -0.573. The number of fused-ring (bicyclic) bond motifs is 1. The minimum Gasteiger partial charge on any atom is -0.488 e. The minimum absolute atomic E-state index is 0.254. The van der Waals surface area contributed by atoms with Gasteiger partial charge in [-0.15, -0.1) is 0 Å². The molecule has 2 aliphatic heterocycles. The first kappa shape index (κ1) is 13.1. The van der Waals surface area contributed by atoms with Crippen LogP contribution in [0.5, 0.6) is 5.75 Å². The maximum atomic E-state index is 11.3. The summed E-state index contributed by atoms with van der Waals surface area (Å²) in [6, 6.07) is 6.92. The molecule has 0 saturated carbocycles. The summed E-state index contributed by atoms with van der Waals surface area (Å²) in [5.41, 5.74) is 2.63. The summed E-state index contributed by atoms with van der Waals surface area (Å²) in [6.45, 7) is 3.01. The summed E-state index contributed by atoms with van der Waals surface area (Å²) >= 11 is 0. The largest absolute Gasteiger partial charge is 0.488 e. The van der Waals surface area contributed by atoms with Crippen LogP contribution in [0.25, 0.3) is 0 Å². The SMILES string of the molecule is Cc1ccc2c(c1)CC(CNC1CCS(=O)CC1)O2. The van der Waals surface area contributed by atoms with Gasteiger partial charge in [0.25, 0.3) is 0 Å². The second kappa shape index (κ2) is 5.63. The quantitative estimate of drug-likeness (QED) is 0.917. The third-order valence-electron chi connectivity index (χ3n) is 3.98. The Balaban J connectivity index is 1.49. The van der Waals surface area contributed by atoms with Crippen LogP contribution in [0, 0.1) is 6.92 Å². The van der Waals surface area contributed by atoms with Crippen molar-refractivity contribution in [2.45, 2.75) is 38.3 Å². The van der Waals surface area contributed by atoms with Crippen molar-refractivity contribution in [2.75, 3.05) is 18.1 Å². The normalized spacial score (nSPS) is 29.8. The van der Waals surface area contributed by atoms with Crippen LogP contribution >= 0.6 is 0 Å². The van der Waals surface area contributed by atoms with Gasteiger partial charge in [0.05, 0.1) is 0 Å². The van der Waals surface area contributed by atoms with Gasteiger partial charge in [0.15, 0.2) is 0 Å². The third kappa shape index (κ3) is 3.18. The summed E-state index contributed by atoms with van der Waals surface area (Å²) in [6.07, 6.45) is 3.32. The van der Waals surface area contributed by atoms with Crippen LogP contribution in [0.3, 0.4) is 0 Å². The van der Waals surface area contributed by atoms with Gasteiger partial charge in [-0.1, -0.05) is 17.7 Å². The van der Waals surface area contributed by atoms with Crippen LogP contribution in [-0.4, -0.2) is 34.4 Å². The van der Waals surface area contributed by atoms with E-state index < -0.39 is 10.8 Å². The van der Waals surface area contributed by atoms with Crippen LogP contribution < -0.4 is 10.1 Å².